The van der Waals surface area contributed by atoms with E-state index in [1.54, 1.807) is 0 Å². The lowest BCUT2D eigenvalue weighted by atomic mass is 10.1. The van der Waals surface area contributed by atoms with Crippen molar-refractivity contribution in [2.45, 2.75) is 63.3 Å². The summed E-state index contributed by atoms with van der Waals surface area (Å²) in [5, 5.41) is 3.81. The molecular formula is C12H24N2OS. The molecule has 4 heteroatoms. The monoisotopic (exact) mass is 244 g/mol. The molecule has 0 aromatic carbocycles. The van der Waals surface area contributed by atoms with Gasteiger partial charge in [-0.3, -0.25) is 4.79 Å². The highest BCUT2D eigenvalue weighted by atomic mass is 32.2. The summed E-state index contributed by atoms with van der Waals surface area (Å²) in [5.74, 6) is 1.20. The van der Waals surface area contributed by atoms with Crippen LogP contribution in [0.25, 0.3) is 0 Å². The predicted molar refractivity (Wildman–Crippen MR) is 70.6 cm³/mol. The normalized spacial score (nSPS) is 26.7. The Kier molecular flexibility index (Phi) is 6.21. The molecule has 3 nitrogen and oxygen atoms in total. The van der Waals surface area contributed by atoms with Gasteiger partial charge in [-0.25, -0.2) is 0 Å². The fourth-order valence-corrected chi connectivity index (χ4v) is 3.35. The maximum Gasteiger partial charge on any atom is 0.237 e. The Balaban J connectivity index is 2.25. The van der Waals surface area contributed by atoms with Crippen molar-refractivity contribution in [3.05, 3.63) is 0 Å². The first kappa shape index (κ1) is 13.8. The predicted octanol–water partition coefficient (Wildman–Crippen LogP) is 1.90. The second kappa shape index (κ2) is 7.17. The molecule has 1 rings (SSSR count). The van der Waals surface area contributed by atoms with Crippen LogP contribution in [0.1, 0.15) is 46.0 Å². The van der Waals surface area contributed by atoms with Crippen molar-refractivity contribution in [3.8, 4) is 0 Å². The average molecular weight is 244 g/mol. The number of carbonyl (C=O) groups is 1. The van der Waals surface area contributed by atoms with Crippen LogP contribution in [0.2, 0.25) is 0 Å². The fraction of sp³-hybridized carbons (Fsp3) is 0.917. The van der Waals surface area contributed by atoms with Crippen LogP contribution in [0.15, 0.2) is 0 Å². The summed E-state index contributed by atoms with van der Waals surface area (Å²) < 4.78 is 0. The number of hydrogen-bond donors (Lipinski definition) is 2. The molecule has 0 aromatic heterocycles. The third kappa shape index (κ3) is 4.34. The van der Waals surface area contributed by atoms with Gasteiger partial charge in [-0.15, -0.1) is 0 Å². The van der Waals surface area contributed by atoms with Crippen LogP contribution in [0, 0.1) is 0 Å². The third-order valence-electron chi connectivity index (χ3n) is 3.07. The summed E-state index contributed by atoms with van der Waals surface area (Å²) >= 11 is 2.01. The van der Waals surface area contributed by atoms with Crippen molar-refractivity contribution in [2.24, 2.45) is 5.73 Å². The molecule has 94 valence electrons. The van der Waals surface area contributed by atoms with Crippen molar-refractivity contribution in [2.75, 3.05) is 5.75 Å². The van der Waals surface area contributed by atoms with E-state index in [-0.39, 0.29) is 11.9 Å². The zero-order chi connectivity index (χ0) is 12.0. The Hall–Kier alpha value is -0.220. The number of nitrogens with two attached hydrogens (primary N) is 1. The zero-order valence-electron chi connectivity index (χ0n) is 10.4. The minimum atomic E-state index is -0.317. The van der Waals surface area contributed by atoms with E-state index in [0.29, 0.717) is 6.04 Å². The maximum atomic E-state index is 11.7. The molecule has 0 bridgehead atoms. The first-order valence-electron chi connectivity index (χ1n) is 6.34. The van der Waals surface area contributed by atoms with Crippen LogP contribution in [0.5, 0.6) is 0 Å². The molecule has 0 spiro atoms. The molecule has 3 unspecified atom stereocenters. The van der Waals surface area contributed by atoms with Crippen molar-refractivity contribution >= 4 is 17.7 Å². The second-order valence-corrected chi connectivity index (χ2v) is 6.07. The molecule has 1 amide bonds. The summed E-state index contributed by atoms with van der Waals surface area (Å²) in [5.41, 5.74) is 5.78. The molecule has 3 atom stereocenters. The smallest absolute Gasteiger partial charge is 0.237 e. The molecule has 1 aliphatic rings. The van der Waals surface area contributed by atoms with Gasteiger partial charge in [0.15, 0.2) is 0 Å². The van der Waals surface area contributed by atoms with Gasteiger partial charge < -0.3 is 11.1 Å². The molecule has 0 radical (unpaired) electrons. The van der Waals surface area contributed by atoms with Crippen LogP contribution < -0.4 is 11.1 Å². The summed E-state index contributed by atoms with van der Waals surface area (Å²) in [6.45, 7) is 4.24. The molecule has 0 aromatic rings. The van der Waals surface area contributed by atoms with E-state index in [1.807, 2.05) is 11.8 Å². The van der Waals surface area contributed by atoms with E-state index in [0.717, 1.165) is 30.9 Å². The first-order chi connectivity index (χ1) is 7.67. The van der Waals surface area contributed by atoms with Crippen LogP contribution >= 0.6 is 11.8 Å². The van der Waals surface area contributed by atoms with E-state index in [9.17, 15) is 4.79 Å². The van der Waals surface area contributed by atoms with Gasteiger partial charge in [-0.2, -0.15) is 11.8 Å². The van der Waals surface area contributed by atoms with Crippen LogP contribution in [-0.4, -0.2) is 29.0 Å². The maximum absolute atomic E-state index is 11.7. The standard InChI is InChI=1S/C12H24N2OS/c1-3-5-11(13)12(15)14-9-6-7-10(8-9)16-4-2/h9-11H,3-8,13H2,1-2H3,(H,14,15). The van der Waals surface area contributed by atoms with Gasteiger partial charge in [0.25, 0.3) is 0 Å². The molecule has 16 heavy (non-hydrogen) atoms. The Labute approximate surface area is 103 Å². The van der Waals surface area contributed by atoms with Crippen molar-refractivity contribution in [1.29, 1.82) is 0 Å². The summed E-state index contributed by atoms with van der Waals surface area (Å²) in [4.78, 5) is 11.7. The molecule has 0 heterocycles. The van der Waals surface area contributed by atoms with Gasteiger partial charge in [0.05, 0.1) is 6.04 Å². The molecule has 0 saturated heterocycles. The Morgan fingerprint density at radius 1 is 1.50 bits per heavy atom. The van der Waals surface area contributed by atoms with E-state index in [1.165, 1.54) is 12.2 Å². The minimum absolute atomic E-state index is 0.0361. The highest BCUT2D eigenvalue weighted by molar-refractivity contribution is 7.99. The van der Waals surface area contributed by atoms with E-state index < -0.39 is 0 Å². The van der Waals surface area contributed by atoms with Gasteiger partial charge in [0.1, 0.15) is 0 Å². The van der Waals surface area contributed by atoms with Crippen molar-refractivity contribution in [1.82, 2.24) is 5.32 Å². The van der Waals surface area contributed by atoms with E-state index in [4.69, 9.17) is 5.73 Å². The topological polar surface area (TPSA) is 55.1 Å². The minimum Gasteiger partial charge on any atom is -0.352 e. The quantitative estimate of drug-likeness (QED) is 0.750. The van der Waals surface area contributed by atoms with Gasteiger partial charge in [0, 0.05) is 11.3 Å². The Morgan fingerprint density at radius 3 is 2.88 bits per heavy atom. The van der Waals surface area contributed by atoms with Gasteiger partial charge >= 0.3 is 0 Å². The summed E-state index contributed by atoms with van der Waals surface area (Å²) in [6, 6.07) is 0.0438. The third-order valence-corrected chi connectivity index (χ3v) is 4.30. The Morgan fingerprint density at radius 2 is 2.25 bits per heavy atom. The van der Waals surface area contributed by atoms with Gasteiger partial charge in [-0.05, 0) is 31.4 Å². The molecule has 0 aliphatic heterocycles. The average Bonchev–Trinajstić information content (AvgIpc) is 2.66. The van der Waals surface area contributed by atoms with Crippen molar-refractivity contribution in [3.63, 3.8) is 0 Å². The lowest BCUT2D eigenvalue weighted by Gasteiger charge is -2.16. The SMILES string of the molecule is CCCC(N)C(=O)NC1CCC(SCC)C1. The molecule has 1 saturated carbocycles. The number of amides is 1. The lowest BCUT2D eigenvalue weighted by Crippen LogP contribution is -2.44. The summed E-state index contributed by atoms with van der Waals surface area (Å²) in [7, 11) is 0. The number of carbonyl (C=O) groups excluding carboxylic acids is 1. The lowest BCUT2D eigenvalue weighted by molar-refractivity contribution is -0.123. The number of thioether (sulfide) groups is 1. The first-order valence-corrected chi connectivity index (χ1v) is 7.39. The van der Waals surface area contributed by atoms with Crippen LogP contribution in [-0.2, 0) is 4.79 Å². The molecule has 1 fully saturated rings. The fourth-order valence-electron chi connectivity index (χ4n) is 2.21. The van der Waals surface area contributed by atoms with Crippen LogP contribution in [0.4, 0.5) is 0 Å². The zero-order valence-corrected chi connectivity index (χ0v) is 11.2. The summed E-state index contributed by atoms with van der Waals surface area (Å²) in [6.07, 6.45) is 5.21. The van der Waals surface area contributed by atoms with Crippen molar-refractivity contribution < 1.29 is 4.79 Å². The molecule has 3 N–H and O–H groups in total. The van der Waals surface area contributed by atoms with Gasteiger partial charge in [-0.1, -0.05) is 20.3 Å². The highest BCUT2D eigenvalue weighted by Crippen LogP contribution is 2.29. The highest BCUT2D eigenvalue weighted by Gasteiger charge is 2.26. The molecular weight excluding hydrogens is 220 g/mol. The van der Waals surface area contributed by atoms with Gasteiger partial charge in [0.2, 0.25) is 5.91 Å². The Bertz CT molecular complexity index is 223. The molecule has 1 aliphatic carbocycles. The second-order valence-electron chi connectivity index (χ2n) is 4.49. The number of rotatable bonds is 6. The number of nitrogens with one attached hydrogen (secondary N) is 1. The van der Waals surface area contributed by atoms with E-state index >= 15 is 0 Å². The largest absolute Gasteiger partial charge is 0.352 e. The van der Waals surface area contributed by atoms with E-state index in [2.05, 4.69) is 19.2 Å². The van der Waals surface area contributed by atoms with Crippen LogP contribution in [0.3, 0.4) is 0 Å². The number of hydrogen-bond acceptors (Lipinski definition) is 3.